The van der Waals surface area contributed by atoms with Gasteiger partial charge in [-0.1, -0.05) is 32.0 Å². The van der Waals surface area contributed by atoms with Gasteiger partial charge in [0.1, 0.15) is 31.1 Å². The standard InChI is InChI=1S/C22H22N4O3/c1-14(2)16-5-3-4-6-17(16)26-21-12-18(23-13-24-21)22(27)25-15-7-8-19-20(11-15)29-10-9-28-19/h3-8,11-14H,9-10H2,1-2H3,(H,25,27)(H,23,24,26). The average Bonchev–Trinajstić information content (AvgIpc) is 2.74. The van der Waals surface area contributed by atoms with Gasteiger partial charge in [0.25, 0.3) is 5.91 Å². The number of benzene rings is 2. The van der Waals surface area contributed by atoms with Gasteiger partial charge in [0.05, 0.1) is 0 Å². The minimum atomic E-state index is -0.329. The first-order chi connectivity index (χ1) is 14.1. The van der Waals surface area contributed by atoms with E-state index in [0.29, 0.717) is 42.1 Å². The molecule has 0 bridgehead atoms. The van der Waals surface area contributed by atoms with Crippen LogP contribution in [-0.4, -0.2) is 29.1 Å². The van der Waals surface area contributed by atoms with Crippen LogP contribution in [0.15, 0.2) is 54.9 Å². The Balaban J connectivity index is 1.51. The molecule has 0 unspecified atom stereocenters. The number of hydrogen-bond acceptors (Lipinski definition) is 6. The SMILES string of the molecule is CC(C)c1ccccc1Nc1cc(C(=O)Nc2ccc3c(c2)OCCO3)ncn1. The van der Waals surface area contributed by atoms with Crippen molar-refractivity contribution in [3.8, 4) is 11.5 Å². The lowest BCUT2D eigenvalue weighted by Crippen LogP contribution is -2.17. The Labute approximate surface area is 169 Å². The predicted molar refractivity (Wildman–Crippen MR) is 111 cm³/mol. The van der Waals surface area contributed by atoms with E-state index in [1.54, 1.807) is 24.3 Å². The van der Waals surface area contributed by atoms with Gasteiger partial charge in [-0.05, 0) is 29.7 Å². The summed E-state index contributed by atoms with van der Waals surface area (Å²) in [5.74, 6) is 1.87. The molecular weight excluding hydrogens is 368 g/mol. The molecule has 148 valence electrons. The van der Waals surface area contributed by atoms with Crippen LogP contribution in [0.25, 0.3) is 0 Å². The third kappa shape index (κ3) is 4.29. The molecule has 0 spiro atoms. The Morgan fingerprint density at radius 3 is 2.62 bits per heavy atom. The van der Waals surface area contributed by atoms with E-state index in [1.165, 1.54) is 11.9 Å². The van der Waals surface area contributed by atoms with Gasteiger partial charge < -0.3 is 20.1 Å². The number of rotatable bonds is 5. The number of hydrogen-bond donors (Lipinski definition) is 2. The van der Waals surface area contributed by atoms with E-state index in [9.17, 15) is 4.79 Å². The Bertz CT molecular complexity index is 1040. The number of para-hydroxylation sites is 1. The zero-order valence-electron chi connectivity index (χ0n) is 16.3. The molecule has 0 aliphatic carbocycles. The molecule has 1 aromatic heterocycles. The van der Waals surface area contributed by atoms with E-state index < -0.39 is 0 Å². The van der Waals surface area contributed by atoms with Gasteiger partial charge in [-0.15, -0.1) is 0 Å². The summed E-state index contributed by atoms with van der Waals surface area (Å²) in [7, 11) is 0. The Morgan fingerprint density at radius 1 is 1.00 bits per heavy atom. The second-order valence-electron chi connectivity index (χ2n) is 6.97. The Hall–Kier alpha value is -3.61. The Morgan fingerprint density at radius 2 is 1.79 bits per heavy atom. The molecule has 2 aromatic carbocycles. The summed E-state index contributed by atoms with van der Waals surface area (Å²) in [4.78, 5) is 21.0. The maximum absolute atomic E-state index is 12.7. The van der Waals surface area contributed by atoms with E-state index in [-0.39, 0.29) is 11.6 Å². The van der Waals surface area contributed by atoms with Crippen LogP contribution in [0.2, 0.25) is 0 Å². The van der Waals surface area contributed by atoms with Crippen LogP contribution in [0, 0.1) is 0 Å². The predicted octanol–water partition coefficient (Wildman–Crippen LogP) is 4.37. The Kier molecular flexibility index (Phi) is 5.29. The fraction of sp³-hybridized carbons (Fsp3) is 0.227. The quantitative estimate of drug-likeness (QED) is 0.673. The topological polar surface area (TPSA) is 85.4 Å². The third-order valence-corrected chi connectivity index (χ3v) is 4.55. The van der Waals surface area contributed by atoms with Crippen molar-refractivity contribution < 1.29 is 14.3 Å². The van der Waals surface area contributed by atoms with Crippen LogP contribution in [0.1, 0.15) is 35.8 Å². The van der Waals surface area contributed by atoms with Crippen molar-refractivity contribution in [1.29, 1.82) is 0 Å². The summed E-state index contributed by atoms with van der Waals surface area (Å²) in [6.07, 6.45) is 1.37. The highest BCUT2D eigenvalue weighted by Gasteiger charge is 2.15. The van der Waals surface area contributed by atoms with Gasteiger partial charge in [0.15, 0.2) is 11.5 Å². The van der Waals surface area contributed by atoms with Gasteiger partial charge in [-0.2, -0.15) is 0 Å². The van der Waals surface area contributed by atoms with Gasteiger partial charge >= 0.3 is 0 Å². The molecule has 7 nitrogen and oxygen atoms in total. The molecule has 2 heterocycles. The summed E-state index contributed by atoms with van der Waals surface area (Å²) in [5, 5.41) is 6.12. The smallest absolute Gasteiger partial charge is 0.274 e. The van der Waals surface area contributed by atoms with Crippen molar-refractivity contribution in [1.82, 2.24) is 9.97 Å². The molecule has 0 saturated heterocycles. The highest BCUT2D eigenvalue weighted by atomic mass is 16.6. The van der Waals surface area contributed by atoms with Crippen LogP contribution in [0.5, 0.6) is 11.5 Å². The molecule has 29 heavy (non-hydrogen) atoms. The van der Waals surface area contributed by atoms with Crippen LogP contribution in [0.4, 0.5) is 17.2 Å². The zero-order valence-corrected chi connectivity index (χ0v) is 16.3. The fourth-order valence-corrected chi connectivity index (χ4v) is 3.12. The number of aromatic nitrogens is 2. The minimum absolute atomic E-state index is 0.263. The highest BCUT2D eigenvalue weighted by Crippen LogP contribution is 2.32. The molecule has 2 N–H and O–H groups in total. The van der Waals surface area contributed by atoms with Crippen molar-refractivity contribution in [2.75, 3.05) is 23.8 Å². The summed E-state index contributed by atoms with van der Waals surface area (Å²) >= 11 is 0. The second kappa shape index (κ2) is 8.18. The number of fused-ring (bicyclic) bond motifs is 1. The molecule has 3 aromatic rings. The highest BCUT2D eigenvalue weighted by molar-refractivity contribution is 6.03. The number of nitrogens with one attached hydrogen (secondary N) is 2. The van der Waals surface area contributed by atoms with Gasteiger partial charge in [0, 0.05) is 23.5 Å². The van der Waals surface area contributed by atoms with Crippen LogP contribution < -0.4 is 20.1 Å². The normalized spacial score (nSPS) is 12.5. The molecule has 4 rings (SSSR count). The van der Waals surface area contributed by atoms with E-state index in [0.717, 1.165) is 5.69 Å². The van der Waals surface area contributed by atoms with Gasteiger partial charge in [-0.3, -0.25) is 4.79 Å². The molecular formula is C22H22N4O3. The second-order valence-corrected chi connectivity index (χ2v) is 6.97. The number of carbonyl (C=O) groups is 1. The van der Waals surface area contributed by atoms with Crippen molar-refractivity contribution >= 4 is 23.1 Å². The molecule has 1 aliphatic heterocycles. The summed E-state index contributed by atoms with van der Waals surface area (Å²) in [5.41, 5.74) is 3.00. The molecule has 1 amide bonds. The summed E-state index contributed by atoms with van der Waals surface area (Å²) in [6.45, 7) is 5.28. The number of ether oxygens (including phenoxy) is 2. The maximum Gasteiger partial charge on any atom is 0.274 e. The molecule has 1 aliphatic rings. The molecule has 0 saturated carbocycles. The van der Waals surface area contributed by atoms with Gasteiger partial charge in [-0.25, -0.2) is 9.97 Å². The van der Waals surface area contributed by atoms with E-state index >= 15 is 0 Å². The summed E-state index contributed by atoms with van der Waals surface area (Å²) < 4.78 is 11.1. The van der Waals surface area contributed by atoms with Crippen LogP contribution >= 0.6 is 0 Å². The molecule has 0 fully saturated rings. The van der Waals surface area contributed by atoms with E-state index in [1.807, 2.05) is 18.2 Å². The lowest BCUT2D eigenvalue weighted by molar-refractivity contribution is 0.102. The lowest BCUT2D eigenvalue weighted by atomic mass is 10.0. The first kappa shape index (κ1) is 18.7. The van der Waals surface area contributed by atoms with Crippen molar-refractivity contribution in [2.24, 2.45) is 0 Å². The molecule has 7 heteroatoms. The lowest BCUT2D eigenvalue weighted by Gasteiger charge is -2.19. The average molecular weight is 390 g/mol. The third-order valence-electron chi connectivity index (χ3n) is 4.55. The van der Waals surface area contributed by atoms with Crippen molar-refractivity contribution in [2.45, 2.75) is 19.8 Å². The number of amides is 1. The van der Waals surface area contributed by atoms with E-state index in [4.69, 9.17) is 9.47 Å². The maximum atomic E-state index is 12.7. The number of anilines is 3. The number of carbonyl (C=O) groups excluding carboxylic acids is 1. The van der Waals surface area contributed by atoms with E-state index in [2.05, 4.69) is 40.5 Å². The van der Waals surface area contributed by atoms with Crippen molar-refractivity contribution in [3.05, 3.63) is 66.1 Å². The fourth-order valence-electron chi connectivity index (χ4n) is 3.12. The van der Waals surface area contributed by atoms with Crippen molar-refractivity contribution in [3.63, 3.8) is 0 Å². The zero-order chi connectivity index (χ0) is 20.2. The molecule has 0 radical (unpaired) electrons. The largest absolute Gasteiger partial charge is 0.486 e. The first-order valence-corrected chi connectivity index (χ1v) is 9.49. The number of nitrogens with zero attached hydrogens (tertiary/aromatic N) is 2. The summed E-state index contributed by atoms with van der Waals surface area (Å²) in [6, 6.07) is 15.0. The monoisotopic (exact) mass is 390 g/mol. The molecule has 0 atom stereocenters. The van der Waals surface area contributed by atoms with Gasteiger partial charge in [0.2, 0.25) is 0 Å². The minimum Gasteiger partial charge on any atom is -0.486 e. The van der Waals surface area contributed by atoms with Crippen LogP contribution in [0.3, 0.4) is 0 Å². The van der Waals surface area contributed by atoms with Crippen LogP contribution in [-0.2, 0) is 0 Å². The first-order valence-electron chi connectivity index (χ1n) is 9.49.